The summed E-state index contributed by atoms with van der Waals surface area (Å²) < 4.78 is 0. The Bertz CT molecular complexity index is 166. The lowest BCUT2D eigenvalue weighted by molar-refractivity contribution is -0.141. The number of aliphatic hydroxyl groups excluding tert-OH is 1. The van der Waals surface area contributed by atoms with E-state index in [0.717, 1.165) is 0 Å². The predicted molar refractivity (Wildman–Crippen MR) is 35.2 cm³/mol. The van der Waals surface area contributed by atoms with Crippen molar-refractivity contribution in [3.05, 3.63) is 0 Å². The van der Waals surface area contributed by atoms with Crippen molar-refractivity contribution in [3.8, 4) is 0 Å². The van der Waals surface area contributed by atoms with Crippen LogP contribution in [0, 0.1) is 0 Å². The molecule has 1 aliphatic heterocycles. The first-order chi connectivity index (χ1) is 4.72. The molecule has 1 rings (SSSR count). The Balaban J connectivity index is 2.64. The van der Waals surface area contributed by atoms with Gasteiger partial charge >= 0.3 is 5.97 Å². The second kappa shape index (κ2) is 2.79. The lowest BCUT2D eigenvalue weighted by atomic mass is 10.0. The molecule has 4 nitrogen and oxygen atoms in total. The first kappa shape index (κ1) is 7.21. The van der Waals surface area contributed by atoms with Crippen LogP contribution in [0.4, 0.5) is 0 Å². The van der Waals surface area contributed by atoms with Crippen molar-refractivity contribution >= 4 is 12.2 Å². The Kier molecular flexibility index (Phi) is 2.01. The van der Waals surface area contributed by atoms with Crippen LogP contribution in [0.15, 0.2) is 4.99 Å². The van der Waals surface area contributed by atoms with E-state index in [1.807, 2.05) is 0 Å². The summed E-state index contributed by atoms with van der Waals surface area (Å²) >= 11 is 0. The van der Waals surface area contributed by atoms with Gasteiger partial charge in [-0.2, -0.15) is 0 Å². The average Bonchev–Trinajstić information content (AvgIpc) is 1.88. The molecule has 0 radical (unpaired) electrons. The van der Waals surface area contributed by atoms with E-state index in [4.69, 9.17) is 10.2 Å². The summed E-state index contributed by atoms with van der Waals surface area (Å²) in [6.07, 6.45) is 1.92. The van der Waals surface area contributed by atoms with E-state index in [-0.39, 0.29) is 0 Å². The van der Waals surface area contributed by atoms with Crippen molar-refractivity contribution in [1.29, 1.82) is 0 Å². The normalized spacial score (nSPS) is 32.1. The van der Waals surface area contributed by atoms with Gasteiger partial charge in [0.05, 0.1) is 6.10 Å². The van der Waals surface area contributed by atoms with Gasteiger partial charge in [0.15, 0.2) is 6.04 Å². The van der Waals surface area contributed by atoms with Gasteiger partial charge in [-0.1, -0.05) is 0 Å². The molecule has 1 heterocycles. The summed E-state index contributed by atoms with van der Waals surface area (Å²) in [5, 5.41) is 17.5. The second-order valence-corrected chi connectivity index (χ2v) is 2.26. The van der Waals surface area contributed by atoms with Crippen molar-refractivity contribution in [3.63, 3.8) is 0 Å². The minimum Gasteiger partial charge on any atom is -0.480 e. The fraction of sp³-hybridized carbons (Fsp3) is 0.667. The highest BCUT2D eigenvalue weighted by Crippen LogP contribution is 2.10. The van der Waals surface area contributed by atoms with Gasteiger partial charge in [-0.15, -0.1) is 0 Å². The first-order valence-electron chi connectivity index (χ1n) is 3.14. The third-order valence-electron chi connectivity index (χ3n) is 1.48. The lowest BCUT2D eigenvalue weighted by Crippen LogP contribution is -2.34. The molecule has 2 N–H and O–H groups in total. The molecule has 0 saturated heterocycles. The van der Waals surface area contributed by atoms with E-state index < -0.39 is 18.1 Å². The predicted octanol–water partition coefficient (Wildman–Crippen LogP) is -0.335. The topological polar surface area (TPSA) is 69.9 Å². The minimum atomic E-state index is -1.05. The maximum Gasteiger partial charge on any atom is 0.331 e. The van der Waals surface area contributed by atoms with Crippen molar-refractivity contribution in [2.24, 2.45) is 4.99 Å². The molecular weight excluding hydrogens is 134 g/mol. The molecule has 2 unspecified atom stereocenters. The molecule has 0 aromatic heterocycles. The van der Waals surface area contributed by atoms with E-state index in [1.54, 1.807) is 6.21 Å². The molecule has 0 bridgehead atoms. The number of hydrogen-bond acceptors (Lipinski definition) is 3. The van der Waals surface area contributed by atoms with Gasteiger partial charge in [-0.25, -0.2) is 4.79 Å². The van der Waals surface area contributed by atoms with Gasteiger partial charge in [0.2, 0.25) is 0 Å². The molecule has 56 valence electrons. The zero-order chi connectivity index (χ0) is 7.56. The Morgan fingerprint density at radius 1 is 1.70 bits per heavy atom. The second-order valence-electron chi connectivity index (χ2n) is 2.26. The summed E-state index contributed by atoms with van der Waals surface area (Å²) in [6, 6.07) is -0.936. The van der Waals surface area contributed by atoms with Gasteiger partial charge in [-0.05, 0) is 19.1 Å². The third-order valence-corrected chi connectivity index (χ3v) is 1.48. The highest BCUT2D eigenvalue weighted by molar-refractivity contribution is 5.77. The van der Waals surface area contributed by atoms with Gasteiger partial charge in [0.25, 0.3) is 0 Å². The molecule has 0 amide bonds. The van der Waals surface area contributed by atoms with Crippen LogP contribution in [0.5, 0.6) is 0 Å². The van der Waals surface area contributed by atoms with E-state index in [0.29, 0.717) is 12.8 Å². The molecule has 10 heavy (non-hydrogen) atoms. The van der Waals surface area contributed by atoms with E-state index in [9.17, 15) is 4.79 Å². The maximum atomic E-state index is 10.3. The maximum absolute atomic E-state index is 10.3. The number of carbonyl (C=O) groups is 1. The summed E-state index contributed by atoms with van der Waals surface area (Å²) in [7, 11) is 0. The van der Waals surface area contributed by atoms with Crippen LogP contribution in [0.2, 0.25) is 0 Å². The van der Waals surface area contributed by atoms with Gasteiger partial charge in [0.1, 0.15) is 0 Å². The van der Waals surface area contributed by atoms with Crippen LogP contribution >= 0.6 is 0 Å². The minimum absolute atomic E-state index is 0.500. The zero-order valence-corrected chi connectivity index (χ0v) is 5.40. The van der Waals surface area contributed by atoms with Crippen molar-refractivity contribution in [2.75, 3.05) is 0 Å². The summed E-state index contributed by atoms with van der Waals surface area (Å²) in [5.41, 5.74) is 0. The SMILES string of the molecule is O=C(O)C1N=CCCC1O. The van der Waals surface area contributed by atoms with Gasteiger partial charge in [0, 0.05) is 0 Å². The molecule has 0 aromatic carbocycles. The molecule has 0 fully saturated rings. The Morgan fingerprint density at radius 3 is 2.80 bits per heavy atom. The van der Waals surface area contributed by atoms with Crippen LogP contribution in [0.3, 0.4) is 0 Å². The summed E-state index contributed by atoms with van der Waals surface area (Å²) in [6.45, 7) is 0. The number of nitrogens with zero attached hydrogens (tertiary/aromatic N) is 1. The van der Waals surface area contributed by atoms with Crippen LogP contribution in [0.25, 0.3) is 0 Å². The molecule has 1 aliphatic rings. The molecule has 4 heteroatoms. The number of rotatable bonds is 1. The molecule has 0 spiro atoms. The highest BCUT2D eigenvalue weighted by Gasteiger charge is 2.26. The molecule has 0 aliphatic carbocycles. The number of aliphatic hydroxyl groups is 1. The number of carboxylic acids is 1. The largest absolute Gasteiger partial charge is 0.480 e. The van der Waals surface area contributed by atoms with Gasteiger partial charge < -0.3 is 10.2 Å². The number of aliphatic carboxylic acids is 1. The Morgan fingerprint density at radius 2 is 2.40 bits per heavy atom. The molecule has 0 aromatic rings. The number of hydrogen-bond donors (Lipinski definition) is 2. The fourth-order valence-electron chi connectivity index (χ4n) is 0.919. The monoisotopic (exact) mass is 143 g/mol. The van der Waals surface area contributed by atoms with Crippen molar-refractivity contribution in [1.82, 2.24) is 0 Å². The zero-order valence-electron chi connectivity index (χ0n) is 5.40. The lowest BCUT2D eigenvalue weighted by Gasteiger charge is -2.17. The van der Waals surface area contributed by atoms with Crippen LogP contribution < -0.4 is 0 Å². The standard InChI is InChI=1S/C6H9NO3/c8-4-2-1-3-7-5(4)6(9)10/h3-5,8H,1-2H2,(H,9,10). The van der Waals surface area contributed by atoms with Crippen molar-refractivity contribution < 1.29 is 15.0 Å². The smallest absolute Gasteiger partial charge is 0.331 e. The van der Waals surface area contributed by atoms with E-state index in [1.165, 1.54) is 0 Å². The fourth-order valence-corrected chi connectivity index (χ4v) is 0.919. The molecule has 2 atom stereocenters. The van der Waals surface area contributed by atoms with Gasteiger partial charge in [-0.3, -0.25) is 4.99 Å². The van der Waals surface area contributed by atoms with Crippen LogP contribution in [0.1, 0.15) is 12.8 Å². The average molecular weight is 143 g/mol. The van der Waals surface area contributed by atoms with Crippen molar-refractivity contribution in [2.45, 2.75) is 25.0 Å². The summed E-state index contributed by atoms with van der Waals surface area (Å²) in [5.74, 6) is -1.05. The third kappa shape index (κ3) is 1.33. The number of aliphatic imine (C=N–C) groups is 1. The molecule has 0 saturated carbocycles. The Hall–Kier alpha value is -0.900. The molecular formula is C6H9NO3. The Labute approximate surface area is 58.2 Å². The quantitative estimate of drug-likeness (QED) is 0.527. The van der Waals surface area contributed by atoms with E-state index in [2.05, 4.69) is 4.99 Å². The first-order valence-corrected chi connectivity index (χ1v) is 3.14. The number of carboxylic acid groups (broad SMARTS) is 1. The van der Waals surface area contributed by atoms with Crippen LogP contribution in [-0.2, 0) is 4.79 Å². The highest BCUT2D eigenvalue weighted by atomic mass is 16.4. The van der Waals surface area contributed by atoms with E-state index >= 15 is 0 Å². The van der Waals surface area contributed by atoms with Crippen LogP contribution in [-0.4, -0.2) is 34.5 Å². The summed E-state index contributed by atoms with van der Waals surface area (Å²) in [4.78, 5) is 13.9.